The Kier molecular flexibility index (Phi) is 7.14. The summed E-state index contributed by atoms with van der Waals surface area (Å²) in [5.74, 6) is -1.38. The van der Waals surface area contributed by atoms with Gasteiger partial charge in [-0.25, -0.2) is 14.5 Å². The molecule has 5 N–H and O–H groups in total. The molecule has 0 saturated heterocycles. The van der Waals surface area contributed by atoms with Gasteiger partial charge in [0.15, 0.2) is 5.54 Å². The van der Waals surface area contributed by atoms with E-state index in [1.54, 1.807) is 24.3 Å². The number of nitrogens with one attached hydrogen (secondary N) is 3. The van der Waals surface area contributed by atoms with Crippen LogP contribution in [0.15, 0.2) is 71.7 Å². The molecule has 8 nitrogen and oxygen atoms in total. The largest absolute Gasteiger partial charge is 0.418 e. The Hall–Kier alpha value is -4.11. The van der Waals surface area contributed by atoms with Crippen LogP contribution >= 0.6 is 0 Å². The topological polar surface area (TPSA) is 121 Å². The monoisotopic (exact) mass is 450 g/mol. The van der Waals surface area contributed by atoms with Crippen molar-refractivity contribution >= 4 is 29.5 Å². The quantitative estimate of drug-likeness (QED) is 0.414. The number of quaternary nitrogens is 1. The number of primary amides is 1. The fourth-order valence-electron chi connectivity index (χ4n) is 3.19. The zero-order chi connectivity index (χ0) is 24.0. The number of nitrogens with two attached hydrogens (primary N) is 1. The minimum atomic E-state index is -1.39. The van der Waals surface area contributed by atoms with Gasteiger partial charge in [-0.3, -0.25) is 19.5 Å². The normalized spacial score (nSPS) is 12.5. The van der Waals surface area contributed by atoms with Gasteiger partial charge in [0.25, 0.3) is 11.5 Å². The highest BCUT2D eigenvalue weighted by atomic mass is 19.1. The highest BCUT2D eigenvalue weighted by molar-refractivity contribution is 5.99. The summed E-state index contributed by atoms with van der Waals surface area (Å²) in [7, 11) is 0. The summed E-state index contributed by atoms with van der Waals surface area (Å²) in [5, 5.41) is 13.8. The van der Waals surface area contributed by atoms with Crippen LogP contribution in [0.5, 0.6) is 0 Å². The van der Waals surface area contributed by atoms with Crippen LogP contribution in [0.2, 0.25) is 0 Å². The molecule has 3 amide bonds. The number of anilines is 2. The van der Waals surface area contributed by atoms with Gasteiger partial charge in [-0.1, -0.05) is 23.8 Å². The van der Waals surface area contributed by atoms with Crippen molar-refractivity contribution in [3.63, 3.8) is 0 Å². The molecule has 0 aliphatic heterocycles. The molecule has 0 radical (unpaired) electrons. The summed E-state index contributed by atoms with van der Waals surface area (Å²) in [6.45, 7) is 3.42. The summed E-state index contributed by atoms with van der Waals surface area (Å²) in [6, 6.07) is 15.2. The number of urea groups is 1. The number of aromatic nitrogens is 1. The smallest absolute Gasteiger partial charge is 0.318 e. The number of aryl methyl sites for hydroxylation is 1. The van der Waals surface area contributed by atoms with Crippen LogP contribution in [0.3, 0.4) is 0 Å². The number of carbonyl (C=O) groups is 2. The Morgan fingerprint density at radius 3 is 2.48 bits per heavy atom. The van der Waals surface area contributed by atoms with Gasteiger partial charge >= 0.3 is 6.03 Å². The van der Waals surface area contributed by atoms with E-state index >= 15 is 0 Å². The van der Waals surface area contributed by atoms with Crippen molar-refractivity contribution in [1.82, 2.24) is 4.57 Å². The van der Waals surface area contributed by atoms with Crippen molar-refractivity contribution in [3.8, 4) is 5.69 Å². The third kappa shape index (κ3) is 5.78. The van der Waals surface area contributed by atoms with Crippen molar-refractivity contribution < 1.29 is 19.3 Å². The van der Waals surface area contributed by atoms with Crippen LogP contribution in [0.1, 0.15) is 18.9 Å². The number of carbonyl (C=O) groups excluding carboxylic acids is 2. The third-order valence-corrected chi connectivity index (χ3v) is 5.12. The first-order valence-electron chi connectivity index (χ1n) is 10.2. The molecule has 3 aromatic rings. The molecule has 0 bridgehead atoms. The first-order valence-corrected chi connectivity index (χ1v) is 10.2. The molecule has 9 heteroatoms. The molecule has 170 valence electrons. The predicted molar refractivity (Wildman–Crippen MR) is 125 cm³/mol. The first-order chi connectivity index (χ1) is 15.7. The molecule has 0 aliphatic carbocycles. The van der Waals surface area contributed by atoms with Gasteiger partial charge in [0.2, 0.25) is 0 Å². The minimum absolute atomic E-state index is 0.0563. The van der Waals surface area contributed by atoms with Gasteiger partial charge in [-0.15, -0.1) is 0 Å². The van der Waals surface area contributed by atoms with Crippen LogP contribution in [0.4, 0.5) is 20.6 Å². The van der Waals surface area contributed by atoms with Gasteiger partial charge < -0.3 is 10.7 Å². The van der Waals surface area contributed by atoms with E-state index in [2.05, 4.69) is 10.6 Å². The Balaban J connectivity index is 1.75. The van der Waals surface area contributed by atoms with E-state index in [1.165, 1.54) is 41.2 Å². The van der Waals surface area contributed by atoms with E-state index in [0.29, 0.717) is 11.4 Å². The molecule has 0 spiro atoms. The van der Waals surface area contributed by atoms with E-state index < -0.39 is 23.3 Å². The minimum Gasteiger partial charge on any atom is -0.318 e. The lowest BCUT2D eigenvalue weighted by atomic mass is 9.97. The highest BCUT2D eigenvalue weighted by Crippen LogP contribution is 2.19. The zero-order valence-electron chi connectivity index (χ0n) is 18.3. The lowest BCUT2D eigenvalue weighted by Gasteiger charge is -2.24. The standard InChI is InChI=1S/C24H24FN5O3/c1-16-6-8-17(9-7-16)27-23(33)29-24(2,12-13-26)22(32)28-20-11-10-18(15-19(20)25)30-14-4-3-5-21(30)31/h3-11,13-15,26H,12H2,1-2H3,(H,28,32)(H2,27,29,33)/p+1/t24-/m0/s1. The molecule has 2 aromatic carbocycles. The summed E-state index contributed by atoms with van der Waals surface area (Å²) < 4.78 is 16.0. The first kappa shape index (κ1) is 23.6. The summed E-state index contributed by atoms with van der Waals surface area (Å²) in [5.41, 5.74) is 0.102. The van der Waals surface area contributed by atoms with Crippen molar-refractivity contribution in [2.75, 3.05) is 10.6 Å². The maximum Gasteiger partial charge on any atom is 0.418 e. The number of hydrogen-bond acceptors (Lipinski definition) is 4. The van der Waals surface area contributed by atoms with Crippen molar-refractivity contribution in [3.05, 3.63) is 88.6 Å². The van der Waals surface area contributed by atoms with Gasteiger partial charge in [0, 0.05) is 43.6 Å². The van der Waals surface area contributed by atoms with Gasteiger partial charge in [-0.05, 0) is 37.3 Å². The Bertz CT molecular complexity index is 1240. The highest BCUT2D eigenvalue weighted by Gasteiger charge is 2.39. The molecular formula is C24H25FN5O3+. The van der Waals surface area contributed by atoms with Crippen molar-refractivity contribution in [1.29, 1.82) is 5.41 Å². The van der Waals surface area contributed by atoms with Crippen LogP contribution in [-0.4, -0.2) is 28.3 Å². The van der Waals surface area contributed by atoms with E-state index in [1.807, 2.05) is 19.1 Å². The average molecular weight is 450 g/mol. The fraction of sp³-hybridized carbons (Fsp3) is 0.167. The maximum absolute atomic E-state index is 14.7. The summed E-state index contributed by atoms with van der Waals surface area (Å²) in [6.07, 6.45) is 2.48. The Labute approximate surface area is 190 Å². The third-order valence-electron chi connectivity index (χ3n) is 5.12. The molecule has 33 heavy (non-hydrogen) atoms. The molecule has 0 aliphatic rings. The Morgan fingerprint density at radius 1 is 1.12 bits per heavy atom. The molecule has 0 unspecified atom stereocenters. The second-order valence-corrected chi connectivity index (χ2v) is 7.85. The molecule has 0 saturated carbocycles. The number of hydrogen-bond donors (Lipinski definition) is 4. The van der Waals surface area contributed by atoms with Crippen LogP contribution in [-0.2, 0) is 4.79 Å². The lowest BCUT2D eigenvalue weighted by molar-refractivity contribution is -0.613. The number of amides is 3. The van der Waals surface area contributed by atoms with Crippen LogP contribution in [0, 0.1) is 18.2 Å². The second kappa shape index (κ2) is 10.0. The second-order valence-electron chi connectivity index (χ2n) is 7.85. The number of rotatable bonds is 7. The summed E-state index contributed by atoms with van der Waals surface area (Å²) >= 11 is 0. The maximum atomic E-state index is 14.7. The van der Waals surface area contributed by atoms with Crippen molar-refractivity contribution in [2.24, 2.45) is 0 Å². The average Bonchev–Trinajstić information content (AvgIpc) is 2.77. The van der Waals surface area contributed by atoms with Gasteiger partial charge in [0.1, 0.15) is 5.82 Å². The number of nitrogens with zero attached hydrogens (tertiary/aromatic N) is 1. The van der Waals surface area contributed by atoms with Crippen molar-refractivity contribution in [2.45, 2.75) is 25.8 Å². The molecule has 0 fully saturated rings. The molecular weight excluding hydrogens is 425 g/mol. The number of pyridine rings is 1. The molecule has 1 atom stereocenters. The molecule has 3 rings (SSSR count). The number of halogens is 1. The SMILES string of the molecule is Cc1ccc(NC(=O)[NH2+][C@@](C)(CC=N)C(=O)Nc2ccc(-n3ccccc3=O)cc2F)cc1. The van der Waals surface area contributed by atoms with Gasteiger partial charge in [0.05, 0.1) is 11.4 Å². The lowest BCUT2D eigenvalue weighted by Crippen LogP contribution is -3.02. The van der Waals surface area contributed by atoms with E-state index in [4.69, 9.17) is 5.41 Å². The molecule has 1 heterocycles. The van der Waals surface area contributed by atoms with E-state index in [9.17, 15) is 18.8 Å². The van der Waals surface area contributed by atoms with E-state index in [0.717, 1.165) is 17.8 Å². The van der Waals surface area contributed by atoms with Gasteiger partial charge in [-0.2, -0.15) is 0 Å². The van der Waals surface area contributed by atoms with Crippen LogP contribution in [0.25, 0.3) is 5.69 Å². The number of benzene rings is 2. The summed E-state index contributed by atoms with van der Waals surface area (Å²) in [4.78, 5) is 37.4. The van der Waals surface area contributed by atoms with E-state index in [-0.39, 0.29) is 17.7 Å². The van der Waals surface area contributed by atoms with Crippen LogP contribution < -0.4 is 21.5 Å². The predicted octanol–water partition coefficient (Wildman–Crippen LogP) is 2.82. The fourth-order valence-corrected chi connectivity index (χ4v) is 3.19. The zero-order valence-corrected chi connectivity index (χ0v) is 18.3. The molecule has 1 aromatic heterocycles. The Morgan fingerprint density at radius 2 is 1.85 bits per heavy atom.